The minimum atomic E-state index is -0.490. The van der Waals surface area contributed by atoms with Crippen LogP contribution >= 0.6 is 11.6 Å². The highest BCUT2D eigenvalue weighted by molar-refractivity contribution is 6.31. The first-order valence-electron chi connectivity index (χ1n) is 9.26. The molecule has 0 radical (unpaired) electrons. The Hall–Kier alpha value is -3.57. The van der Waals surface area contributed by atoms with Crippen molar-refractivity contribution >= 4 is 29.4 Å². The van der Waals surface area contributed by atoms with Crippen LogP contribution in [0.1, 0.15) is 16.7 Å². The molecule has 0 amide bonds. The maximum Gasteiger partial charge on any atom is 0.368 e. The molecule has 0 atom stereocenters. The second kappa shape index (κ2) is 8.84. The van der Waals surface area contributed by atoms with Crippen LogP contribution in [-0.4, -0.2) is 18.8 Å². The molecule has 0 spiro atoms. The van der Waals surface area contributed by atoms with E-state index in [2.05, 4.69) is 5.16 Å². The fourth-order valence-corrected chi connectivity index (χ4v) is 3.14. The van der Waals surface area contributed by atoms with Gasteiger partial charge in [0.15, 0.2) is 11.5 Å². The van der Waals surface area contributed by atoms with Gasteiger partial charge in [0.1, 0.15) is 12.3 Å². The molecule has 1 aliphatic heterocycles. The quantitative estimate of drug-likeness (QED) is 0.403. The lowest BCUT2D eigenvalue weighted by Crippen LogP contribution is -2.06. The standard InChI is InChI=1S/C24H18ClNO4/c1-28-22-14-17(9-12-21(22)29-15-16-7-10-19(25)11-8-16)13-20-23(26-30-24(20)27)18-5-3-2-4-6-18/h2-14H,15H2,1H3/b20-13-. The SMILES string of the molecule is COc1cc(/C=C2\C(=O)ON=C2c2ccccc2)ccc1OCc1ccc(Cl)cc1. The van der Waals surface area contributed by atoms with Crippen molar-refractivity contribution in [1.82, 2.24) is 0 Å². The monoisotopic (exact) mass is 419 g/mol. The van der Waals surface area contributed by atoms with Gasteiger partial charge in [-0.1, -0.05) is 65.3 Å². The average molecular weight is 420 g/mol. The summed E-state index contributed by atoms with van der Waals surface area (Å²) in [6.45, 7) is 0.380. The van der Waals surface area contributed by atoms with E-state index < -0.39 is 5.97 Å². The molecular formula is C24H18ClNO4. The average Bonchev–Trinajstić information content (AvgIpc) is 3.14. The van der Waals surface area contributed by atoms with E-state index in [9.17, 15) is 4.79 Å². The fourth-order valence-electron chi connectivity index (χ4n) is 3.02. The molecule has 0 bridgehead atoms. The number of carbonyl (C=O) groups is 1. The maximum absolute atomic E-state index is 12.2. The van der Waals surface area contributed by atoms with Gasteiger partial charge in [-0.2, -0.15) is 0 Å². The van der Waals surface area contributed by atoms with Crippen molar-refractivity contribution < 1.29 is 19.1 Å². The number of oxime groups is 1. The summed E-state index contributed by atoms with van der Waals surface area (Å²) in [6, 6.07) is 22.3. The predicted molar refractivity (Wildman–Crippen MR) is 116 cm³/mol. The van der Waals surface area contributed by atoms with Gasteiger partial charge in [0, 0.05) is 10.6 Å². The Kier molecular flexibility index (Phi) is 5.82. The summed E-state index contributed by atoms with van der Waals surface area (Å²) in [5.74, 6) is 0.666. The van der Waals surface area contributed by atoms with Crippen molar-refractivity contribution in [2.75, 3.05) is 7.11 Å². The summed E-state index contributed by atoms with van der Waals surface area (Å²) < 4.78 is 11.4. The highest BCUT2D eigenvalue weighted by Gasteiger charge is 2.26. The van der Waals surface area contributed by atoms with Crippen LogP contribution in [0.2, 0.25) is 5.02 Å². The van der Waals surface area contributed by atoms with E-state index in [4.69, 9.17) is 25.9 Å². The molecule has 0 saturated carbocycles. The van der Waals surface area contributed by atoms with Crippen LogP contribution in [0.3, 0.4) is 0 Å². The van der Waals surface area contributed by atoms with Gasteiger partial charge in [-0.05, 0) is 41.5 Å². The second-order valence-corrected chi connectivity index (χ2v) is 7.00. The third kappa shape index (κ3) is 4.36. The van der Waals surface area contributed by atoms with Gasteiger partial charge in [-0.15, -0.1) is 0 Å². The van der Waals surface area contributed by atoms with Gasteiger partial charge < -0.3 is 14.3 Å². The molecule has 30 heavy (non-hydrogen) atoms. The summed E-state index contributed by atoms with van der Waals surface area (Å²) in [7, 11) is 1.57. The molecule has 0 unspecified atom stereocenters. The number of hydrogen-bond donors (Lipinski definition) is 0. The number of benzene rings is 3. The summed E-state index contributed by atoms with van der Waals surface area (Å²) in [6.07, 6.45) is 1.73. The van der Waals surface area contributed by atoms with Crippen molar-refractivity contribution in [1.29, 1.82) is 0 Å². The summed E-state index contributed by atoms with van der Waals surface area (Å²) in [5, 5.41) is 4.61. The van der Waals surface area contributed by atoms with E-state index in [1.165, 1.54) is 0 Å². The first kappa shape index (κ1) is 19.7. The fraction of sp³-hybridized carbons (Fsp3) is 0.0833. The van der Waals surface area contributed by atoms with E-state index in [0.717, 1.165) is 16.7 Å². The van der Waals surface area contributed by atoms with Crippen LogP contribution in [0.4, 0.5) is 0 Å². The summed E-state index contributed by atoms with van der Waals surface area (Å²) in [4.78, 5) is 17.1. The zero-order valence-corrected chi connectivity index (χ0v) is 16.9. The minimum Gasteiger partial charge on any atom is -0.493 e. The number of rotatable bonds is 6. The Morgan fingerprint density at radius 2 is 1.77 bits per heavy atom. The van der Waals surface area contributed by atoms with Gasteiger partial charge in [0.2, 0.25) is 0 Å². The highest BCUT2D eigenvalue weighted by Crippen LogP contribution is 2.31. The molecule has 1 heterocycles. The zero-order chi connectivity index (χ0) is 20.9. The Bertz CT molecular complexity index is 1120. The van der Waals surface area contributed by atoms with Gasteiger partial charge in [-0.25, -0.2) is 4.79 Å². The molecule has 0 aromatic heterocycles. The number of halogens is 1. The molecule has 150 valence electrons. The van der Waals surface area contributed by atoms with Crippen LogP contribution in [0.5, 0.6) is 11.5 Å². The lowest BCUT2D eigenvalue weighted by atomic mass is 10.0. The van der Waals surface area contributed by atoms with E-state index in [-0.39, 0.29) is 0 Å². The molecule has 3 aromatic rings. The molecule has 0 aliphatic carbocycles. The Morgan fingerprint density at radius 3 is 2.50 bits per heavy atom. The number of hydrogen-bond acceptors (Lipinski definition) is 5. The number of methoxy groups -OCH3 is 1. The largest absolute Gasteiger partial charge is 0.493 e. The van der Waals surface area contributed by atoms with Crippen LogP contribution in [-0.2, 0) is 16.2 Å². The van der Waals surface area contributed by atoms with Gasteiger partial charge in [0.05, 0.1) is 12.7 Å². The van der Waals surface area contributed by atoms with Crippen molar-refractivity contribution in [3.63, 3.8) is 0 Å². The van der Waals surface area contributed by atoms with E-state index >= 15 is 0 Å². The molecule has 1 aliphatic rings. The van der Waals surface area contributed by atoms with Gasteiger partial charge >= 0.3 is 5.97 Å². The third-order valence-electron chi connectivity index (χ3n) is 4.55. The molecule has 4 rings (SSSR count). The van der Waals surface area contributed by atoms with Crippen LogP contribution < -0.4 is 9.47 Å². The second-order valence-electron chi connectivity index (χ2n) is 6.57. The van der Waals surface area contributed by atoms with E-state index in [0.29, 0.717) is 34.4 Å². The van der Waals surface area contributed by atoms with Gasteiger partial charge in [0.25, 0.3) is 0 Å². The van der Waals surface area contributed by atoms with E-state index in [1.807, 2.05) is 60.7 Å². The maximum atomic E-state index is 12.2. The van der Waals surface area contributed by atoms with Gasteiger partial charge in [-0.3, -0.25) is 0 Å². The third-order valence-corrected chi connectivity index (χ3v) is 4.80. The van der Waals surface area contributed by atoms with Crippen LogP contribution in [0.25, 0.3) is 6.08 Å². The number of carbonyl (C=O) groups excluding carboxylic acids is 1. The summed E-state index contributed by atoms with van der Waals surface area (Å²) >= 11 is 5.92. The molecule has 0 saturated heterocycles. The molecule has 6 heteroatoms. The zero-order valence-electron chi connectivity index (χ0n) is 16.2. The molecule has 0 fully saturated rings. The van der Waals surface area contributed by atoms with Crippen molar-refractivity contribution in [3.8, 4) is 11.5 Å². The van der Waals surface area contributed by atoms with Crippen molar-refractivity contribution in [2.45, 2.75) is 6.61 Å². The van der Waals surface area contributed by atoms with Crippen molar-refractivity contribution in [3.05, 3.63) is 100 Å². The Morgan fingerprint density at radius 1 is 1.00 bits per heavy atom. The smallest absolute Gasteiger partial charge is 0.368 e. The molecule has 3 aromatic carbocycles. The molecular weight excluding hydrogens is 402 g/mol. The van der Waals surface area contributed by atoms with Crippen LogP contribution in [0, 0.1) is 0 Å². The number of nitrogens with zero attached hydrogens (tertiary/aromatic N) is 1. The summed E-state index contributed by atoms with van der Waals surface area (Å²) in [5.41, 5.74) is 3.46. The molecule has 5 nitrogen and oxygen atoms in total. The first-order chi connectivity index (χ1) is 14.6. The normalized spacial score (nSPS) is 14.4. The Balaban J connectivity index is 1.57. The lowest BCUT2D eigenvalue weighted by Gasteiger charge is -2.12. The Labute approximate surface area is 179 Å². The number of ether oxygens (including phenoxy) is 2. The van der Waals surface area contributed by atoms with Crippen molar-refractivity contribution in [2.24, 2.45) is 5.16 Å². The molecule has 0 N–H and O–H groups in total. The topological polar surface area (TPSA) is 57.1 Å². The minimum absolute atomic E-state index is 0.380. The van der Waals surface area contributed by atoms with E-state index in [1.54, 1.807) is 25.3 Å². The predicted octanol–water partition coefficient (Wildman–Crippen LogP) is 5.27. The first-order valence-corrected chi connectivity index (χ1v) is 9.64. The van der Waals surface area contributed by atoms with Crippen LogP contribution in [0.15, 0.2) is 83.5 Å². The highest BCUT2D eigenvalue weighted by atomic mass is 35.5. The lowest BCUT2D eigenvalue weighted by molar-refractivity contribution is -0.136.